The number of amides is 1. The Morgan fingerprint density at radius 2 is 1.83 bits per heavy atom. The van der Waals surface area contributed by atoms with Crippen LogP contribution >= 0.6 is 0 Å². The van der Waals surface area contributed by atoms with Gasteiger partial charge < -0.3 is 14.5 Å². The van der Waals surface area contributed by atoms with Crippen LogP contribution in [0.2, 0.25) is 0 Å². The van der Waals surface area contributed by atoms with Crippen LogP contribution in [0.5, 0.6) is 5.75 Å². The zero-order valence-electron chi connectivity index (χ0n) is 17.2. The molecule has 2 aromatic rings. The van der Waals surface area contributed by atoms with Crippen LogP contribution in [0, 0.1) is 0 Å². The zero-order valence-corrected chi connectivity index (χ0v) is 17.2. The van der Waals surface area contributed by atoms with E-state index in [9.17, 15) is 9.59 Å². The van der Waals surface area contributed by atoms with Crippen LogP contribution < -0.4 is 9.64 Å². The van der Waals surface area contributed by atoms with Crippen molar-refractivity contribution in [3.8, 4) is 5.75 Å². The lowest BCUT2D eigenvalue weighted by Gasteiger charge is -2.32. The number of ketones is 1. The van der Waals surface area contributed by atoms with E-state index in [1.807, 2.05) is 23.1 Å². The van der Waals surface area contributed by atoms with Crippen LogP contribution in [0.4, 0.5) is 0 Å². The number of Topliss-reactive ketones (excluding diaryl/α,β-unsaturated/α-hetero) is 1. The summed E-state index contributed by atoms with van der Waals surface area (Å²) in [4.78, 5) is 27.8. The molecule has 0 unspecified atom stereocenters. The second kappa shape index (κ2) is 10.0. The molecule has 5 nitrogen and oxygen atoms in total. The molecule has 0 atom stereocenters. The van der Waals surface area contributed by atoms with Crippen LogP contribution in [-0.2, 0) is 11.2 Å². The molecule has 0 aliphatic carbocycles. The molecule has 1 saturated heterocycles. The lowest BCUT2D eigenvalue weighted by atomic mass is 10.0. The second-order valence-electron chi connectivity index (χ2n) is 7.41. The summed E-state index contributed by atoms with van der Waals surface area (Å²) < 4.78 is 5.37. The van der Waals surface area contributed by atoms with E-state index in [2.05, 4.69) is 24.3 Å². The summed E-state index contributed by atoms with van der Waals surface area (Å²) in [5.41, 5.74) is 2.58. The van der Waals surface area contributed by atoms with Crippen molar-refractivity contribution in [3.63, 3.8) is 0 Å². The van der Waals surface area contributed by atoms with Crippen molar-refractivity contribution < 1.29 is 19.2 Å². The molecule has 0 spiro atoms. The highest BCUT2D eigenvalue weighted by molar-refractivity contribution is 5.94. The van der Waals surface area contributed by atoms with E-state index in [1.165, 1.54) is 17.4 Å². The van der Waals surface area contributed by atoms with E-state index in [4.69, 9.17) is 4.74 Å². The third kappa shape index (κ3) is 5.78. The highest BCUT2D eigenvalue weighted by Crippen LogP contribution is 2.21. The number of quaternary nitrogens is 1. The van der Waals surface area contributed by atoms with Gasteiger partial charge in [0.2, 0.25) is 5.91 Å². The van der Waals surface area contributed by atoms with E-state index in [-0.39, 0.29) is 18.1 Å². The number of carbonyl (C=O) groups is 2. The molecule has 0 radical (unpaired) electrons. The number of benzene rings is 2. The maximum Gasteiger partial charge on any atom is 0.227 e. The third-order valence-corrected chi connectivity index (χ3v) is 5.37. The fourth-order valence-corrected chi connectivity index (χ4v) is 3.61. The standard InChI is InChI=1S/C24H28N2O3/c1-19(27)21-10-11-23(29-2)22(17-21)18-24(28)26-15-13-25(14-16-26)12-6-9-20-7-4-3-5-8-20/h3-11,17H,12-16,18H2,1-2H3/p+1/b9-6+. The van der Waals surface area contributed by atoms with Crippen molar-refractivity contribution in [1.29, 1.82) is 0 Å². The van der Waals surface area contributed by atoms with Gasteiger partial charge >= 0.3 is 0 Å². The Hall–Kier alpha value is -2.92. The average Bonchev–Trinajstić information content (AvgIpc) is 2.75. The van der Waals surface area contributed by atoms with Crippen LogP contribution in [-0.4, -0.2) is 56.4 Å². The topological polar surface area (TPSA) is 51.1 Å². The Balaban J connectivity index is 1.52. The number of ether oxygens (including phenoxy) is 1. The van der Waals surface area contributed by atoms with Gasteiger partial charge in [-0.3, -0.25) is 9.59 Å². The lowest BCUT2D eigenvalue weighted by molar-refractivity contribution is -0.898. The molecule has 29 heavy (non-hydrogen) atoms. The molecule has 1 aliphatic rings. The normalized spacial score (nSPS) is 14.9. The maximum atomic E-state index is 12.8. The van der Waals surface area contributed by atoms with Gasteiger partial charge in [-0.25, -0.2) is 0 Å². The number of methoxy groups -OCH3 is 1. The first-order valence-electron chi connectivity index (χ1n) is 10.1. The van der Waals surface area contributed by atoms with Gasteiger partial charge in [-0.15, -0.1) is 0 Å². The fourth-order valence-electron chi connectivity index (χ4n) is 3.61. The Labute approximate surface area is 172 Å². The smallest absolute Gasteiger partial charge is 0.227 e. The SMILES string of the molecule is COc1ccc(C(C)=O)cc1CC(=O)N1CC[NH+](C/C=C/c2ccccc2)CC1. The zero-order chi connectivity index (χ0) is 20.6. The minimum absolute atomic E-state index is 0.0119. The van der Waals surface area contributed by atoms with Crippen molar-refractivity contribution in [2.24, 2.45) is 0 Å². The average molecular weight is 394 g/mol. The number of piperazine rings is 1. The van der Waals surface area contributed by atoms with E-state index in [0.29, 0.717) is 11.3 Å². The van der Waals surface area contributed by atoms with Crippen molar-refractivity contribution in [1.82, 2.24) is 4.90 Å². The second-order valence-corrected chi connectivity index (χ2v) is 7.41. The van der Waals surface area contributed by atoms with Gasteiger partial charge in [-0.2, -0.15) is 0 Å². The summed E-state index contributed by atoms with van der Waals surface area (Å²) in [6, 6.07) is 15.6. The molecule has 1 heterocycles. The van der Waals surface area contributed by atoms with E-state index < -0.39 is 0 Å². The fraction of sp³-hybridized carbons (Fsp3) is 0.333. The van der Waals surface area contributed by atoms with E-state index in [1.54, 1.807) is 25.3 Å². The predicted molar refractivity (Wildman–Crippen MR) is 114 cm³/mol. The Kier molecular flexibility index (Phi) is 7.19. The summed E-state index contributed by atoms with van der Waals surface area (Å²) in [5.74, 6) is 0.726. The molecule has 2 aromatic carbocycles. The Morgan fingerprint density at radius 1 is 1.10 bits per heavy atom. The molecule has 0 saturated carbocycles. The molecule has 5 heteroatoms. The highest BCUT2D eigenvalue weighted by atomic mass is 16.5. The minimum atomic E-state index is -0.0119. The van der Waals surface area contributed by atoms with Crippen LogP contribution in [0.15, 0.2) is 54.6 Å². The summed E-state index contributed by atoms with van der Waals surface area (Å²) in [5, 5.41) is 0. The highest BCUT2D eigenvalue weighted by Gasteiger charge is 2.24. The van der Waals surface area contributed by atoms with Crippen LogP contribution in [0.1, 0.15) is 28.4 Å². The summed E-state index contributed by atoms with van der Waals surface area (Å²) in [6.07, 6.45) is 4.62. The molecule has 152 valence electrons. The monoisotopic (exact) mass is 393 g/mol. The lowest BCUT2D eigenvalue weighted by Crippen LogP contribution is -3.14. The van der Waals surface area contributed by atoms with Gasteiger partial charge in [0, 0.05) is 11.1 Å². The van der Waals surface area contributed by atoms with Crippen molar-refractivity contribution in [2.75, 3.05) is 39.8 Å². The quantitative estimate of drug-likeness (QED) is 0.731. The molecular weight excluding hydrogens is 364 g/mol. The summed E-state index contributed by atoms with van der Waals surface area (Å²) >= 11 is 0. The van der Waals surface area contributed by atoms with Crippen LogP contribution in [0.3, 0.4) is 0 Å². The van der Waals surface area contributed by atoms with Gasteiger partial charge in [0.1, 0.15) is 5.75 Å². The van der Waals surface area contributed by atoms with Crippen molar-refractivity contribution in [3.05, 3.63) is 71.3 Å². The van der Waals surface area contributed by atoms with E-state index in [0.717, 1.165) is 38.3 Å². The molecule has 1 N–H and O–H groups in total. The molecule has 0 bridgehead atoms. The molecular formula is C24H29N2O3+. The van der Waals surface area contributed by atoms with Crippen molar-refractivity contribution >= 4 is 17.8 Å². The number of hydrogen-bond acceptors (Lipinski definition) is 3. The van der Waals surface area contributed by atoms with Gasteiger partial charge in [-0.05, 0) is 36.8 Å². The van der Waals surface area contributed by atoms with Gasteiger partial charge in [0.25, 0.3) is 0 Å². The van der Waals surface area contributed by atoms with Crippen molar-refractivity contribution in [2.45, 2.75) is 13.3 Å². The van der Waals surface area contributed by atoms with Gasteiger partial charge in [-0.1, -0.05) is 36.4 Å². The first kappa shape index (κ1) is 20.8. The Bertz CT molecular complexity index is 869. The molecule has 1 fully saturated rings. The largest absolute Gasteiger partial charge is 0.496 e. The van der Waals surface area contributed by atoms with Gasteiger partial charge in [0.15, 0.2) is 5.78 Å². The minimum Gasteiger partial charge on any atom is -0.496 e. The Morgan fingerprint density at radius 3 is 2.48 bits per heavy atom. The number of carbonyl (C=O) groups excluding carboxylic acids is 2. The summed E-state index contributed by atoms with van der Waals surface area (Å²) in [7, 11) is 1.59. The number of rotatable bonds is 7. The predicted octanol–water partition coefficient (Wildman–Crippen LogP) is 1.88. The van der Waals surface area contributed by atoms with Gasteiger partial charge in [0.05, 0.1) is 46.3 Å². The number of hydrogen-bond donors (Lipinski definition) is 1. The maximum absolute atomic E-state index is 12.8. The molecule has 0 aromatic heterocycles. The first-order chi connectivity index (χ1) is 14.1. The van der Waals surface area contributed by atoms with Crippen LogP contribution in [0.25, 0.3) is 6.08 Å². The number of nitrogens with one attached hydrogen (secondary N) is 1. The molecule has 1 amide bonds. The number of nitrogens with zero attached hydrogens (tertiary/aromatic N) is 1. The summed E-state index contributed by atoms with van der Waals surface area (Å²) in [6.45, 7) is 5.88. The molecule has 3 rings (SSSR count). The first-order valence-corrected chi connectivity index (χ1v) is 10.1. The third-order valence-electron chi connectivity index (χ3n) is 5.37. The van der Waals surface area contributed by atoms with E-state index >= 15 is 0 Å². The molecule has 1 aliphatic heterocycles.